The highest BCUT2D eigenvalue weighted by molar-refractivity contribution is 5.72. The molecule has 0 aliphatic rings. The molecule has 3 heteroatoms. The lowest BCUT2D eigenvalue weighted by atomic mass is 10.1. The zero-order valence-electron chi connectivity index (χ0n) is 9.35. The van der Waals surface area contributed by atoms with Crippen LogP contribution < -0.4 is 0 Å². The van der Waals surface area contributed by atoms with Crippen molar-refractivity contribution in [3.8, 4) is 0 Å². The second kappa shape index (κ2) is 6.80. The third-order valence-corrected chi connectivity index (χ3v) is 2.20. The fourth-order valence-electron chi connectivity index (χ4n) is 1.30. The summed E-state index contributed by atoms with van der Waals surface area (Å²) in [7, 11) is 1.37. The number of methoxy groups -OCH3 is 1. The Balaban J connectivity index is 2.51. The predicted octanol–water partition coefficient (Wildman–Crippen LogP) is 1.80. The van der Waals surface area contributed by atoms with Crippen LogP contribution in [0.2, 0.25) is 0 Å². The number of hydrogen-bond donors (Lipinski definition) is 1. The molecule has 0 radical (unpaired) electrons. The Morgan fingerprint density at radius 2 is 2.06 bits per heavy atom. The maximum absolute atomic E-state index is 10.8. The summed E-state index contributed by atoms with van der Waals surface area (Å²) in [6, 6.07) is 7.85. The zero-order valence-corrected chi connectivity index (χ0v) is 9.35. The van der Waals surface area contributed by atoms with Crippen molar-refractivity contribution in [2.75, 3.05) is 13.7 Å². The second-order valence-corrected chi connectivity index (χ2v) is 3.40. The molecule has 0 unspecified atom stereocenters. The van der Waals surface area contributed by atoms with Crippen LogP contribution in [-0.4, -0.2) is 24.8 Å². The number of aliphatic hydroxyl groups is 1. The number of aliphatic hydroxyl groups excluding tert-OH is 1. The smallest absolute Gasteiger partial charge is 0.309 e. The average Bonchev–Trinajstić information content (AvgIpc) is 2.31. The third kappa shape index (κ3) is 4.28. The van der Waals surface area contributed by atoms with Crippen molar-refractivity contribution in [3.05, 3.63) is 41.5 Å². The van der Waals surface area contributed by atoms with Crippen molar-refractivity contribution in [2.24, 2.45) is 0 Å². The van der Waals surface area contributed by atoms with Gasteiger partial charge in [0, 0.05) is 6.61 Å². The van der Waals surface area contributed by atoms with E-state index in [1.807, 2.05) is 30.3 Å². The molecule has 0 atom stereocenters. The number of hydrogen-bond acceptors (Lipinski definition) is 3. The van der Waals surface area contributed by atoms with E-state index in [0.717, 1.165) is 11.1 Å². The molecule has 0 bridgehead atoms. The highest BCUT2D eigenvalue weighted by Gasteiger charge is 1.94. The largest absolute Gasteiger partial charge is 0.469 e. The van der Waals surface area contributed by atoms with Crippen LogP contribution in [0.25, 0.3) is 6.08 Å². The van der Waals surface area contributed by atoms with Crippen LogP contribution in [0.15, 0.2) is 30.3 Å². The summed E-state index contributed by atoms with van der Waals surface area (Å²) in [6.45, 7) is 0.164. The Labute approximate surface area is 95.4 Å². The molecule has 0 saturated heterocycles. The molecule has 1 aromatic rings. The van der Waals surface area contributed by atoms with Crippen LogP contribution in [-0.2, 0) is 16.0 Å². The maximum Gasteiger partial charge on any atom is 0.309 e. The lowest BCUT2D eigenvalue weighted by molar-refractivity contribution is -0.139. The van der Waals surface area contributed by atoms with E-state index in [9.17, 15) is 4.79 Å². The standard InChI is InChI=1S/C13H16O3/c1-16-13(15)4-2-3-11-5-7-12(8-6-11)9-10-14/h2-3,5-8,14H,4,9-10H2,1H3/b3-2+. The van der Waals surface area contributed by atoms with E-state index < -0.39 is 0 Å². The minimum Gasteiger partial charge on any atom is -0.469 e. The molecule has 0 spiro atoms. The molecule has 0 heterocycles. The Morgan fingerprint density at radius 1 is 1.38 bits per heavy atom. The van der Waals surface area contributed by atoms with Crippen LogP contribution in [0, 0.1) is 0 Å². The van der Waals surface area contributed by atoms with Crippen molar-refractivity contribution >= 4 is 12.0 Å². The molecular weight excluding hydrogens is 204 g/mol. The van der Waals surface area contributed by atoms with E-state index in [0.29, 0.717) is 6.42 Å². The Bertz CT molecular complexity index is 352. The first-order valence-electron chi connectivity index (χ1n) is 5.19. The molecule has 86 valence electrons. The van der Waals surface area contributed by atoms with Gasteiger partial charge in [-0.15, -0.1) is 0 Å². The third-order valence-electron chi connectivity index (χ3n) is 2.20. The average molecular weight is 220 g/mol. The second-order valence-electron chi connectivity index (χ2n) is 3.40. The van der Waals surface area contributed by atoms with E-state index in [-0.39, 0.29) is 19.0 Å². The lowest BCUT2D eigenvalue weighted by Gasteiger charge is -1.98. The molecular formula is C13H16O3. The number of benzene rings is 1. The minimum absolute atomic E-state index is 0.164. The van der Waals surface area contributed by atoms with Crippen LogP contribution in [0.3, 0.4) is 0 Å². The zero-order chi connectivity index (χ0) is 11.8. The molecule has 1 rings (SSSR count). The molecule has 0 aliphatic carbocycles. The summed E-state index contributed by atoms with van der Waals surface area (Å²) in [4.78, 5) is 10.8. The Hall–Kier alpha value is -1.61. The Kier molecular flexibility index (Phi) is 5.29. The summed E-state index contributed by atoms with van der Waals surface area (Å²) in [6.07, 6.45) is 4.60. The van der Waals surface area contributed by atoms with Crippen molar-refractivity contribution in [1.82, 2.24) is 0 Å². The van der Waals surface area contributed by atoms with Gasteiger partial charge in [0.2, 0.25) is 0 Å². The van der Waals surface area contributed by atoms with Crippen molar-refractivity contribution in [2.45, 2.75) is 12.8 Å². The topological polar surface area (TPSA) is 46.5 Å². The van der Waals surface area contributed by atoms with E-state index in [1.165, 1.54) is 7.11 Å². The predicted molar refractivity (Wildman–Crippen MR) is 62.9 cm³/mol. The maximum atomic E-state index is 10.8. The monoisotopic (exact) mass is 220 g/mol. The molecule has 0 aromatic heterocycles. The normalized spacial score (nSPS) is 10.6. The minimum atomic E-state index is -0.242. The van der Waals surface area contributed by atoms with Crippen LogP contribution in [0.5, 0.6) is 0 Å². The Morgan fingerprint density at radius 3 is 2.62 bits per heavy atom. The quantitative estimate of drug-likeness (QED) is 0.770. The first-order chi connectivity index (χ1) is 7.76. The van der Waals surface area contributed by atoms with Gasteiger partial charge in [0.25, 0.3) is 0 Å². The number of ether oxygens (including phenoxy) is 1. The summed E-state index contributed by atoms with van der Waals surface area (Å²) in [5.74, 6) is -0.242. The summed E-state index contributed by atoms with van der Waals surface area (Å²) in [5.41, 5.74) is 2.14. The number of carbonyl (C=O) groups excluding carboxylic acids is 1. The van der Waals surface area contributed by atoms with Crippen molar-refractivity contribution in [1.29, 1.82) is 0 Å². The SMILES string of the molecule is COC(=O)C/C=C/c1ccc(CCO)cc1. The van der Waals surface area contributed by atoms with Crippen molar-refractivity contribution in [3.63, 3.8) is 0 Å². The molecule has 1 N–H and O–H groups in total. The van der Waals surface area contributed by atoms with Gasteiger partial charge in [-0.1, -0.05) is 36.4 Å². The van der Waals surface area contributed by atoms with Crippen LogP contribution >= 0.6 is 0 Å². The fraction of sp³-hybridized carbons (Fsp3) is 0.308. The fourth-order valence-corrected chi connectivity index (χ4v) is 1.30. The van der Waals surface area contributed by atoms with E-state index in [1.54, 1.807) is 6.08 Å². The molecule has 0 amide bonds. The van der Waals surface area contributed by atoms with Gasteiger partial charge in [0.15, 0.2) is 0 Å². The summed E-state index contributed by atoms with van der Waals surface area (Å²) in [5, 5.41) is 8.75. The first-order valence-corrected chi connectivity index (χ1v) is 5.19. The van der Waals surface area contributed by atoms with E-state index in [4.69, 9.17) is 5.11 Å². The van der Waals surface area contributed by atoms with Gasteiger partial charge in [-0.05, 0) is 17.5 Å². The molecule has 0 aliphatic heterocycles. The molecule has 0 fully saturated rings. The van der Waals surface area contributed by atoms with Crippen LogP contribution in [0.4, 0.5) is 0 Å². The summed E-state index contributed by atoms with van der Waals surface area (Å²) >= 11 is 0. The highest BCUT2D eigenvalue weighted by atomic mass is 16.5. The number of carbonyl (C=O) groups is 1. The highest BCUT2D eigenvalue weighted by Crippen LogP contribution is 2.07. The van der Waals surface area contributed by atoms with Crippen molar-refractivity contribution < 1.29 is 14.6 Å². The van der Waals surface area contributed by atoms with Crippen LogP contribution in [0.1, 0.15) is 17.5 Å². The van der Waals surface area contributed by atoms with Gasteiger partial charge in [-0.3, -0.25) is 4.79 Å². The van der Waals surface area contributed by atoms with E-state index in [2.05, 4.69) is 4.74 Å². The summed E-state index contributed by atoms with van der Waals surface area (Å²) < 4.78 is 4.52. The van der Waals surface area contributed by atoms with Gasteiger partial charge in [0.05, 0.1) is 13.5 Å². The molecule has 1 aromatic carbocycles. The van der Waals surface area contributed by atoms with Gasteiger partial charge in [0.1, 0.15) is 0 Å². The first kappa shape index (κ1) is 12.5. The lowest BCUT2D eigenvalue weighted by Crippen LogP contribution is -1.96. The molecule has 0 saturated carbocycles. The van der Waals surface area contributed by atoms with Gasteiger partial charge >= 0.3 is 5.97 Å². The molecule has 3 nitrogen and oxygen atoms in total. The molecule has 16 heavy (non-hydrogen) atoms. The van der Waals surface area contributed by atoms with Gasteiger partial charge in [-0.2, -0.15) is 0 Å². The van der Waals surface area contributed by atoms with Gasteiger partial charge < -0.3 is 9.84 Å². The van der Waals surface area contributed by atoms with E-state index >= 15 is 0 Å². The number of rotatable bonds is 5. The number of esters is 1. The van der Waals surface area contributed by atoms with Gasteiger partial charge in [-0.25, -0.2) is 0 Å².